The normalized spacial score (nSPS) is 19.7. The summed E-state index contributed by atoms with van der Waals surface area (Å²) >= 11 is 0. The van der Waals surface area contributed by atoms with Crippen LogP contribution in [0.3, 0.4) is 0 Å². The first-order chi connectivity index (χ1) is 16.3. The third-order valence-electron chi connectivity index (χ3n) is 6.66. The summed E-state index contributed by atoms with van der Waals surface area (Å²) in [6.45, 7) is 6.25. The maximum Gasteiger partial charge on any atom is 0.232 e. The molecule has 1 aliphatic carbocycles. The van der Waals surface area contributed by atoms with Crippen molar-refractivity contribution in [2.45, 2.75) is 46.0 Å². The monoisotopic (exact) mass is 451 g/mol. The highest BCUT2D eigenvalue weighted by Crippen LogP contribution is 2.48. The average molecular weight is 452 g/mol. The van der Waals surface area contributed by atoms with Gasteiger partial charge in [-0.1, -0.05) is 61.9 Å². The van der Waals surface area contributed by atoms with E-state index in [-0.39, 0.29) is 29.4 Å². The van der Waals surface area contributed by atoms with Crippen LogP contribution in [0, 0.1) is 12.3 Å². The van der Waals surface area contributed by atoms with E-state index in [9.17, 15) is 9.59 Å². The molecule has 34 heavy (non-hydrogen) atoms. The largest absolute Gasteiger partial charge is 0.457 e. The first-order valence-electron chi connectivity index (χ1n) is 11.8. The molecular weight excluding hydrogens is 422 g/mol. The number of rotatable bonds is 4. The van der Waals surface area contributed by atoms with E-state index in [2.05, 4.69) is 19.9 Å². The van der Waals surface area contributed by atoms with Crippen LogP contribution >= 0.6 is 0 Å². The highest BCUT2D eigenvalue weighted by molar-refractivity contribution is 6.07. The molecule has 0 radical (unpaired) electrons. The van der Waals surface area contributed by atoms with Crippen molar-refractivity contribution in [3.8, 4) is 11.5 Å². The molecule has 0 aromatic heterocycles. The van der Waals surface area contributed by atoms with Crippen molar-refractivity contribution in [2.75, 3.05) is 4.90 Å². The zero-order valence-corrected chi connectivity index (χ0v) is 19.9. The standard InChI is InChI=1S/C30H29NO3/c1-20-8-7-9-21(16-20)25-17-28(33)31(26-18-30(2,3)19-27(32)29(25)26)22-12-14-24(15-13-22)34-23-10-5-4-6-11-23/h4-16,25H,17-19H2,1-3H3. The molecule has 1 atom stereocenters. The molecule has 0 N–H and O–H groups in total. The van der Waals surface area contributed by atoms with Crippen LogP contribution in [0.5, 0.6) is 11.5 Å². The number of aryl methyl sites for hydroxylation is 1. The predicted octanol–water partition coefficient (Wildman–Crippen LogP) is 6.95. The van der Waals surface area contributed by atoms with Gasteiger partial charge in [0.15, 0.2) is 5.78 Å². The van der Waals surface area contributed by atoms with Crippen LogP contribution in [0.4, 0.5) is 5.69 Å². The lowest BCUT2D eigenvalue weighted by atomic mass is 9.69. The highest BCUT2D eigenvalue weighted by atomic mass is 16.5. The topological polar surface area (TPSA) is 46.6 Å². The molecule has 1 unspecified atom stereocenters. The predicted molar refractivity (Wildman–Crippen MR) is 134 cm³/mol. The van der Waals surface area contributed by atoms with E-state index < -0.39 is 0 Å². The Bertz CT molecular complexity index is 1270. The Hall–Kier alpha value is -3.66. The number of allylic oxidation sites excluding steroid dienone is 2. The smallest absolute Gasteiger partial charge is 0.232 e. The summed E-state index contributed by atoms with van der Waals surface area (Å²) in [4.78, 5) is 28.8. The zero-order chi connectivity index (χ0) is 23.9. The number of carbonyl (C=O) groups is 2. The van der Waals surface area contributed by atoms with E-state index >= 15 is 0 Å². The second-order valence-electron chi connectivity index (χ2n) is 10.1. The maximum absolute atomic E-state index is 13.6. The van der Waals surface area contributed by atoms with Gasteiger partial charge in [0.05, 0.1) is 0 Å². The van der Waals surface area contributed by atoms with Crippen LogP contribution in [0.1, 0.15) is 50.2 Å². The molecule has 5 rings (SSSR count). The Morgan fingerprint density at radius 3 is 2.26 bits per heavy atom. The molecule has 4 heteroatoms. The van der Waals surface area contributed by atoms with Crippen molar-refractivity contribution in [1.82, 2.24) is 0 Å². The van der Waals surface area contributed by atoms with Crippen LogP contribution in [0.2, 0.25) is 0 Å². The van der Waals surface area contributed by atoms with Gasteiger partial charge in [-0.2, -0.15) is 0 Å². The molecular formula is C30H29NO3. The van der Waals surface area contributed by atoms with E-state index in [4.69, 9.17) is 4.74 Å². The van der Waals surface area contributed by atoms with Crippen molar-refractivity contribution in [3.05, 3.63) is 101 Å². The number of benzene rings is 3. The summed E-state index contributed by atoms with van der Waals surface area (Å²) in [5, 5.41) is 0. The lowest BCUT2D eigenvalue weighted by Gasteiger charge is -2.43. The number of ketones is 1. The Labute approximate surface area is 200 Å². The van der Waals surface area contributed by atoms with E-state index in [0.717, 1.165) is 33.8 Å². The number of anilines is 1. The number of Topliss-reactive ketones (excluding diaryl/α,β-unsaturated/α-hetero) is 1. The van der Waals surface area contributed by atoms with Gasteiger partial charge in [-0.25, -0.2) is 0 Å². The molecule has 0 spiro atoms. The Morgan fingerprint density at radius 2 is 1.56 bits per heavy atom. The summed E-state index contributed by atoms with van der Waals surface area (Å²) in [6.07, 6.45) is 1.47. The van der Waals surface area contributed by atoms with Gasteiger partial charge in [-0.3, -0.25) is 14.5 Å². The number of para-hydroxylation sites is 1. The van der Waals surface area contributed by atoms with Crippen molar-refractivity contribution >= 4 is 17.4 Å². The molecule has 4 nitrogen and oxygen atoms in total. The average Bonchev–Trinajstić information content (AvgIpc) is 2.79. The molecule has 1 heterocycles. The fraction of sp³-hybridized carbons (Fsp3) is 0.267. The molecule has 172 valence electrons. The molecule has 3 aromatic carbocycles. The summed E-state index contributed by atoms with van der Waals surface area (Å²) in [6, 6.07) is 25.3. The number of ether oxygens (including phenoxy) is 1. The Balaban J connectivity index is 1.54. The first-order valence-corrected chi connectivity index (χ1v) is 11.8. The molecule has 0 saturated heterocycles. The number of hydrogen-bond donors (Lipinski definition) is 0. The highest BCUT2D eigenvalue weighted by Gasteiger charge is 2.44. The van der Waals surface area contributed by atoms with Crippen molar-refractivity contribution in [2.24, 2.45) is 5.41 Å². The number of amides is 1. The van der Waals surface area contributed by atoms with Crippen LogP contribution in [-0.2, 0) is 9.59 Å². The van der Waals surface area contributed by atoms with Gasteiger partial charge in [0.25, 0.3) is 0 Å². The van der Waals surface area contributed by atoms with Crippen LogP contribution in [0.25, 0.3) is 0 Å². The van der Waals surface area contributed by atoms with E-state index in [1.165, 1.54) is 0 Å². The molecule has 3 aromatic rings. The lowest BCUT2D eigenvalue weighted by Crippen LogP contribution is -2.43. The minimum absolute atomic E-state index is 0.0208. The minimum Gasteiger partial charge on any atom is -0.457 e. The second kappa shape index (κ2) is 8.60. The summed E-state index contributed by atoms with van der Waals surface area (Å²) in [7, 11) is 0. The molecule has 0 bridgehead atoms. The van der Waals surface area contributed by atoms with E-state index in [1.54, 1.807) is 4.90 Å². The Kier molecular flexibility index (Phi) is 5.60. The van der Waals surface area contributed by atoms with Gasteiger partial charge >= 0.3 is 0 Å². The Morgan fingerprint density at radius 1 is 0.853 bits per heavy atom. The quantitative estimate of drug-likeness (QED) is 0.431. The molecule has 2 aliphatic rings. The van der Waals surface area contributed by atoms with E-state index in [1.807, 2.05) is 79.7 Å². The van der Waals surface area contributed by atoms with Crippen LogP contribution in [0.15, 0.2) is 90.1 Å². The second-order valence-corrected chi connectivity index (χ2v) is 10.1. The summed E-state index contributed by atoms with van der Waals surface area (Å²) in [5.41, 5.74) is 4.40. The van der Waals surface area contributed by atoms with Crippen molar-refractivity contribution < 1.29 is 14.3 Å². The van der Waals surface area contributed by atoms with Gasteiger partial charge in [-0.15, -0.1) is 0 Å². The van der Waals surface area contributed by atoms with Gasteiger partial charge in [0.1, 0.15) is 11.5 Å². The maximum atomic E-state index is 13.6. The number of nitrogens with zero attached hydrogens (tertiary/aromatic N) is 1. The molecule has 1 aliphatic heterocycles. The van der Waals surface area contributed by atoms with Gasteiger partial charge in [-0.05, 0) is 60.7 Å². The summed E-state index contributed by atoms with van der Waals surface area (Å²) in [5.74, 6) is 1.44. The molecule has 1 amide bonds. The van der Waals surface area contributed by atoms with Crippen molar-refractivity contribution in [3.63, 3.8) is 0 Å². The lowest BCUT2D eigenvalue weighted by molar-refractivity contribution is -0.121. The third kappa shape index (κ3) is 4.28. The first kappa shape index (κ1) is 22.1. The van der Waals surface area contributed by atoms with Crippen molar-refractivity contribution in [1.29, 1.82) is 0 Å². The SMILES string of the molecule is Cc1cccc(C2CC(=O)N(c3ccc(Oc4ccccc4)cc3)C3=C2C(=O)CC(C)(C)C3)c1. The molecule has 0 fully saturated rings. The summed E-state index contributed by atoms with van der Waals surface area (Å²) < 4.78 is 5.92. The minimum atomic E-state index is -0.195. The number of hydrogen-bond acceptors (Lipinski definition) is 3. The third-order valence-corrected chi connectivity index (χ3v) is 6.66. The zero-order valence-electron chi connectivity index (χ0n) is 19.9. The van der Waals surface area contributed by atoms with Gasteiger partial charge < -0.3 is 4.74 Å². The van der Waals surface area contributed by atoms with Crippen LogP contribution in [-0.4, -0.2) is 11.7 Å². The van der Waals surface area contributed by atoms with Crippen LogP contribution < -0.4 is 9.64 Å². The fourth-order valence-corrected chi connectivity index (χ4v) is 5.17. The van der Waals surface area contributed by atoms with Gasteiger partial charge in [0.2, 0.25) is 5.91 Å². The molecule has 0 saturated carbocycles. The van der Waals surface area contributed by atoms with Gasteiger partial charge in [0, 0.05) is 35.7 Å². The fourth-order valence-electron chi connectivity index (χ4n) is 5.17. The van der Waals surface area contributed by atoms with E-state index in [0.29, 0.717) is 18.6 Å². The number of carbonyl (C=O) groups excluding carboxylic acids is 2.